The number of hydrogen-bond acceptors (Lipinski definition) is 4. The molecule has 2 rings (SSSR count). The lowest BCUT2D eigenvalue weighted by molar-refractivity contribution is 0.103. The maximum Gasteiger partial charge on any atom is 0.196 e. The van der Waals surface area contributed by atoms with Crippen LogP contribution in [-0.2, 0) is 0 Å². The number of ketones is 1. The zero-order valence-electron chi connectivity index (χ0n) is 10.2. The van der Waals surface area contributed by atoms with E-state index in [1.807, 2.05) is 6.92 Å². The van der Waals surface area contributed by atoms with Crippen molar-refractivity contribution in [2.75, 3.05) is 6.61 Å². The number of rotatable bonds is 5. The van der Waals surface area contributed by atoms with E-state index in [1.165, 1.54) is 6.20 Å². The highest BCUT2D eigenvalue weighted by Gasteiger charge is 2.10. The van der Waals surface area contributed by atoms with Crippen molar-refractivity contribution in [1.29, 1.82) is 0 Å². The minimum atomic E-state index is -0.0995. The third kappa shape index (κ3) is 2.91. The van der Waals surface area contributed by atoms with Crippen LogP contribution in [-0.4, -0.2) is 22.4 Å². The summed E-state index contributed by atoms with van der Waals surface area (Å²) in [5.41, 5.74) is 1.06. The molecule has 2 heterocycles. The van der Waals surface area contributed by atoms with Crippen molar-refractivity contribution in [3.63, 3.8) is 0 Å². The Morgan fingerprint density at radius 2 is 2.06 bits per heavy atom. The van der Waals surface area contributed by atoms with Crippen LogP contribution in [0.4, 0.5) is 0 Å². The molecule has 0 atom stereocenters. The van der Waals surface area contributed by atoms with Crippen molar-refractivity contribution in [1.82, 2.24) is 9.97 Å². The van der Waals surface area contributed by atoms with Crippen LogP contribution >= 0.6 is 0 Å². The molecule has 18 heavy (non-hydrogen) atoms. The zero-order valence-corrected chi connectivity index (χ0v) is 10.2. The van der Waals surface area contributed by atoms with Crippen molar-refractivity contribution >= 4 is 5.78 Å². The quantitative estimate of drug-likeness (QED) is 0.756. The van der Waals surface area contributed by atoms with Gasteiger partial charge in [0, 0.05) is 29.7 Å². The molecule has 0 bridgehead atoms. The number of carbonyl (C=O) groups is 1. The molecule has 0 spiro atoms. The first-order valence-electron chi connectivity index (χ1n) is 5.84. The van der Waals surface area contributed by atoms with Crippen LogP contribution in [0.25, 0.3) is 0 Å². The average Bonchev–Trinajstić information content (AvgIpc) is 2.45. The molecule has 0 amide bonds. The minimum Gasteiger partial charge on any atom is -0.492 e. The second kappa shape index (κ2) is 5.91. The average molecular weight is 242 g/mol. The van der Waals surface area contributed by atoms with Gasteiger partial charge in [-0.1, -0.05) is 6.92 Å². The highest BCUT2D eigenvalue weighted by atomic mass is 16.5. The van der Waals surface area contributed by atoms with Gasteiger partial charge in [-0.3, -0.25) is 14.8 Å². The van der Waals surface area contributed by atoms with Gasteiger partial charge in [0.1, 0.15) is 5.75 Å². The molecular weight excluding hydrogens is 228 g/mol. The van der Waals surface area contributed by atoms with Crippen molar-refractivity contribution < 1.29 is 9.53 Å². The van der Waals surface area contributed by atoms with Crippen LogP contribution < -0.4 is 4.74 Å². The molecule has 0 fully saturated rings. The second-order valence-corrected chi connectivity index (χ2v) is 3.83. The lowest BCUT2D eigenvalue weighted by Gasteiger charge is -2.05. The molecule has 0 aliphatic heterocycles. The Morgan fingerprint density at radius 3 is 2.78 bits per heavy atom. The van der Waals surface area contributed by atoms with Crippen molar-refractivity contribution in [2.24, 2.45) is 0 Å². The molecule has 4 nitrogen and oxygen atoms in total. The summed E-state index contributed by atoms with van der Waals surface area (Å²) in [6, 6.07) is 5.17. The number of aromatic nitrogens is 2. The van der Waals surface area contributed by atoms with E-state index in [0.717, 1.165) is 6.42 Å². The van der Waals surface area contributed by atoms with Gasteiger partial charge in [-0.2, -0.15) is 0 Å². The van der Waals surface area contributed by atoms with E-state index in [-0.39, 0.29) is 5.78 Å². The van der Waals surface area contributed by atoms with Crippen LogP contribution in [0, 0.1) is 0 Å². The van der Waals surface area contributed by atoms with E-state index in [1.54, 1.807) is 36.8 Å². The standard InChI is InChI=1S/C14H14N2O2/c1-2-6-18-13-7-12(9-16-10-13)14(17)11-4-3-5-15-8-11/h3-5,7-10H,2,6H2,1H3. The van der Waals surface area contributed by atoms with Crippen LogP contribution in [0.5, 0.6) is 5.75 Å². The Hall–Kier alpha value is -2.23. The molecule has 2 aromatic rings. The highest BCUT2D eigenvalue weighted by Crippen LogP contribution is 2.14. The number of nitrogens with zero attached hydrogens (tertiary/aromatic N) is 2. The number of pyridine rings is 2. The summed E-state index contributed by atoms with van der Waals surface area (Å²) in [4.78, 5) is 20.1. The predicted molar refractivity (Wildman–Crippen MR) is 67.7 cm³/mol. The molecule has 0 saturated carbocycles. The fourth-order valence-electron chi connectivity index (χ4n) is 1.51. The van der Waals surface area contributed by atoms with E-state index in [9.17, 15) is 4.79 Å². The van der Waals surface area contributed by atoms with E-state index < -0.39 is 0 Å². The molecule has 0 N–H and O–H groups in total. The van der Waals surface area contributed by atoms with Gasteiger partial charge in [0.25, 0.3) is 0 Å². The molecular formula is C14H14N2O2. The molecule has 0 aromatic carbocycles. The molecule has 2 aromatic heterocycles. The van der Waals surface area contributed by atoms with Gasteiger partial charge in [0.15, 0.2) is 5.78 Å². The van der Waals surface area contributed by atoms with E-state index in [2.05, 4.69) is 9.97 Å². The molecule has 4 heteroatoms. The summed E-state index contributed by atoms with van der Waals surface area (Å²) in [5.74, 6) is 0.518. The summed E-state index contributed by atoms with van der Waals surface area (Å²) < 4.78 is 5.45. The third-order valence-corrected chi connectivity index (χ3v) is 2.37. The molecule has 0 unspecified atom stereocenters. The molecule has 0 aliphatic rings. The van der Waals surface area contributed by atoms with Crippen molar-refractivity contribution in [3.05, 3.63) is 54.1 Å². The van der Waals surface area contributed by atoms with Crippen molar-refractivity contribution in [2.45, 2.75) is 13.3 Å². The van der Waals surface area contributed by atoms with Crippen LogP contribution in [0.1, 0.15) is 29.3 Å². The SMILES string of the molecule is CCCOc1cncc(C(=O)c2cccnc2)c1. The molecule has 0 aliphatic carbocycles. The van der Waals surface area contributed by atoms with E-state index in [4.69, 9.17) is 4.74 Å². The summed E-state index contributed by atoms with van der Waals surface area (Å²) in [6.45, 7) is 2.64. The van der Waals surface area contributed by atoms with Gasteiger partial charge in [0.2, 0.25) is 0 Å². The smallest absolute Gasteiger partial charge is 0.196 e. The van der Waals surface area contributed by atoms with Gasteiger partial charge >= 0.3 is 0 Å². The predicted octanol–water partition coefficient (Wildman–Crippen LogP) is 2.50. The number of ether oxygens (including phenoxy) is 1. The Bertz CT molecular complexity index is 526. The summed E-state index contributed by atoms with van der Waals surface area (Å²) in [5, 5.41) is 0. The largest absolute Gasteiger partial charge is 0.492 e. The zero-order chi connectivity index (χ0) is 12.8. The Labute approximate surface area is 106 Å². The normalized spacial score (nSPS) is 10.1. The van der Waals surface area contributed by atoms with Crippen molar-refractivity contribution in [3.8, 4) is 5.75 Å². The van der Waals surface area contributed by atoms with Crippen LogP contribution in [0.3, 0.4) is 0 Å². The lowest BCUT2D eigenvalue weighted by Crippen LogP contribution is -2.03. The fraction of sp³-hybridized carbons (Fsp3) is 0.214. The minimum absolute atomic E-state index is 0.0995. The topological polar surface area (TPSA) is 52.1 Å². The Kier molecular flexibility index (Phi) is 4.02. The van der Waals surface area contributed by atoms with E-state index >= 15 is 0 Å². The monoisotopic (exact) mass is 242 g/mol. The molecule has 0 saturated heterocycles. The highest BCUT2D eigenvalue weighted by molar-refractivity contribution is 6.08. The van der Waals surface area contributed by atoms with Gasteiger partial charge in [-0.05, 0) is 24.6 Å². The molecule has 92 valence electrons. The maximum absolute atomic E-state index is 12.1. The summed E-state index contributed by atoms with van der Waals surface area (Å²) in [6.07, 6.45) is 7.24. The summed E-state index contributed by atoms with van der Waals surface area (Å²) in [7, 11) is 0. The maximum atomic E-state index is 12.1. The van der Waals surface area contributed by atoms with Crippen LogP contribution in [0.15, 0.2) is 43.0 Å². The molecule has 0 radical (unpaired) electrons. The van der Waals surface area contributed by atoms with E-state index in [0.29, 0.717) is 23.5 Å². The first-order chi connectivity index (χ1) is 8.81. The lowest BCUT2D eigenvalue weighted by atomic mass is 10.1. The first-order valence-corrected chi connectivity index (χ1v) is 5.84. The third-order valence-electron chi connectivity index (χ3n) is 2.37. The fourth-order valence-corrected chi connectivity index (χ4v) is 1.51. The Morgan fingerprint density at radius 1 is 1.22 bits per heavy atom. The first kappa shape index (κ1) is 12.2. The Balaban J connectivity index is 2.20. The summed E-state index contributed by atoms with van der Waals surface area (Å²) >= 11 is 0. The van der Waals surface area contributed by atoms with Gasteiger partial charge in [-0.25, -0.2) is 0 Å². The van der Waals surface area contributed by atoms with Gasteiger partial charge < -0.3 is 4.74 Å². The number of carbonyl (C=O) groups excluding carboxylic acids is 1. The van der Waals surface area contributed by atoms with Gasteiger partial charge in [0.05, 0.1) is 12.8 Å². The van der Waals surface area contributed by atoms with Gasteiger partial charge in [-0.15, -0.1) is 0 Å². The number of hydrogen-bond donors (Lipinski definition) is 0. The second-order valence-electron chi connectivity index (χ2n) is 3.83. The van der Waals surface area contributed by atoms with Crippen LogP contribution in [0.2, 0.25) is 0 Å².